The van der Waals surface area contributed by atoms with Gasteiger partial charge in [-0.25, -0.2) is 0 Å². The predicted molar refractivity (Wildman–Crippen MR) is 99.2 cm³/mol. The molecule has 0 spiro atoms. The first-order valence-electron chi connectivity index (χ1n) is 9.67. The van der Waals surface area contributed by atoms with Gasteiger partial charge in [0.25, 0.3) is 11.6 Å². The molecule has 6 nitrogen and oxygen atoms in total. The molecule has 1 heterocycles. The van der Waals surface area contributed by atoms with Crippen molar-refractivity contribution >= 4 is 11.6 Å². The summed E-state index contributed by atoms with van der Waals surface area (Å²) < 4.78 is 5.72. The molecule has 1 aromatic heterocycles. The number of nitrogens with one attached hydrogen (secondary N) is 1. The molecule has 4 aliphatic rings. The van der Waals surface area contributed by atoms with Crippen molar-refractivity contribution in [2.45, 2.75) is 44.1 Å². The maximum atomic E-state index is 12.9. The Balaban J connectivity index is 1.38. The largest absolute Gasteiger partial charge is 0.451 e. The Bertz CT molecular complexity index is 881. The predicted octanol–water partition coefficient (Wildman–Crippen LogP) is 4.55. The zero-order valence-electron chi connectivity index (χ0n) is 15.0. The van der Waals surface area contributed by atoms with Crippen LogP contribution in [0.4, 0.5) is 5.69 Å². The van der Waals surface area contributed by atoms with Gasteiger partial charge in [0, 0.05) is 11.6 Å². The molecule has 1 N–H and O–H groups in total. The van der Waals surface area contributed by atoms with E-state index in [9.17, 15) is 14.9 Å². The van der Waals surface area contributed by atoms with Gasteiger partial charge in [-0.05, 0) is 74.5 Å². The van der Waals surface area contributed by atoms with E-state index in [0.717, 1.165) is 37.0 Å². The van der Waals surface area contributed by atoms with Crippen molar-refractivity contribution in [1.82, 2.24) is 5.32 Å². The second kappa shape index (κ2) is 5.94. The average molecular weight is 366 g/mol. The van der Waals surface area contributed by atoms with E-state index in [4.69, 9.17) is 4.42 Å². The highest BCUT2D eigenvalue weighted by Crippen LogP contribution is 2.55. The molecule has 6 heteroatoms. The van der Waals surface area contributed by atoms with Crippen LogP contribution < -0.4 is 5.32 Å². The molecule has 0 aliphatic heterocycles. The van der Waals surface area contributed by atoms with Gasteiger partial charge in [0.2, 0.25) is 0 Å². The molecule has 1 amide bonds. The highest BCUT2D eigenvalue weighted by Gasteiger charge is 2.51. The smallest absolute Gasteiger partial charge is 0.287 e. The average Bonchev–Trinajstić information content (AvgIpc) is 3.10. The fraction of sp³-hybridized carbons (Fsp3) is 0.476. The molecule has 2 aromatic rings. The number of benzene rings is 1. The number of nitrogens with zero attached hydrogens (tertiary/aromatic N) is 1. The highest BCUT2D eigenvalue weighted by atomic mass is 16.6. The molecule has 4 aliphatic carbocycles. The third-order valence-corrected chi connectivity index (χ3v) is 6.61. The van der Waals surface area contributed by atoms with E-state index in [-0.39, 0.29) is 22.9 Å². The lowest BCUT2D eigenvalue weighted by molar-refractivity contribution is -0.384. The van der Waals surface area contributed by atoms with Crippen molar-refractivity contribution in [3.63, 3.8) is 0 Å². The van der Waals surface area contributed by atoms with E-state index in [1.807, 2.05) is 0 Å². The minimum Gasteiger partial charge on any atom is -0.451 e. The van der Waals surface area contributed by atoms with Gasteiger partial charge in [-0.2, -0.15) is 0 Å². The van der Waals surface area contributed by atoms with E-state index in [2.05, 4.69) is 5.32 Å². The second-order valence-corrected chi connectivity index (χ2v) is 8.59. The molecule has 0 saturated heterocycles. The van der Waals surface area contributed by atoms with Gasteiger partial charge in [0.15, 0.2) is 5.76 Å². The molecule has 140 valence electrons. The number of carbonyl (C=O) groups is 1. The van der Waals surface area contributed by atoms with E-state index in [1.54, 1.807) is 30.3 Å². The van der Waals surface area contributed by atoms with Crippen LogP contribution in [0, 0.1) is 27.9 Å². The van der Waals surface area contributed by atoms with Crippen LogP contribution in [0.1, 0.15) is 49.1 Å². The number of nitro benzene ring substituents is 1. The lowest BCUT2D eigenvalue weighted by atomic mass is 9.53. The van der Waals surface area contributed by atoms with Crippen molar-refractivity contribution in [2.75, 3.05) is 0 Å². The fourth-order valence-electron chi connectivity index (χ4n) is 6.01. The van der Waals surface area contributed by atoms with Crippen molar-refractivity contribution in [1.29, 1.82) is 0 Å². The molecule has 4 saturated carbocycles. The molecule has 0 radical (unpaired) electrons. The Morgan fingerprint density at radius 2 is 1.67 bits per heavy atom. The lowest BCUT2D eigenvalue weighted by Crippen LogP contribution is -2.59. The van der Waals surface area contributed by atoms with Crippen LogP contribution >= 0.6 is 0 Å². The van der Waals surface area contributed by atoms with Gasteiger partial charge in [0.05, 0.1) is 10.5 Å². The standard InChI is InChI=1S/C21H22N2O4/c24-20(22-21-10-13-7-14(11-21)9-15(8-13)12-21)19-6-5-18(27-19)16-3-1-2-4-17(16)23(25)26/h1-6,13-15H,7-12H2,(H,22,24). The maximum absolute atomic E-state index is 12.9. The van der Waals surface area contributed by atoms with E-state index in [0.29, 0.717) is 11.3 Å². The lowest BCUT2D eigenvalue weighted by Gasteiger charge is -2.56. The van der Waals surface area contributed by atoms with Crippen LogP contribution in [0.25, 0.3) is 11.3 Å². The second-order valence-electron chi connectivity index (χ2n) is 8.59. The van der Waals surface area contributed by atoms with Crippen LogP contribution in [-0.2, 0) is 0 Å². The molecule has 27 heavy (non-hydrogen) atoms. The van der Waals surface area contributed by atoms with Crippen LogP contribution in [0.3, 0.4) is 0 Å². The number of carbonyl (C=O) groups excluding carboxylic acids is 1. The van der Waals surface area contributed by atoms with E-state index >= 15 is 0 Å². The van der Waals surface area contributed by atoms with Crippen molar-refractivity contribution in [3.05, 3.63) is 52.3 Å². The van der Waals surface area contributed by atoms with Crippen molar-refractivity contribution < 1.29 is 14.1 Å². The minimum absolute atomic E-state index is 0.0279. The summed E-state index contributed by atoms with van der Waals surface area (Å²) in [5, 5.41) is 14.5. The van der Waals surface area contributed by atoms with Gasteiger partial charge in [-0.15, -0.1) is 0 Å². The van der Waals surface area contributed by atoms with Crippen molar-refractivity contribution in [2.24, 2.45) is 17.8 Å². The van der Waals surface area contributed by atoms with Gasteiger partial charge in [-0.3, -0.25) is 14.9 Å². The number of hydrogen-bond acceptors (Lipinski definition) is 4. The summed E-state index contributed by atoms with van der Waals surface area (Å²) in [6, 6.07) is 9.66. The number of nitro groups is 1. The van der Waals surface area contributed by atoms with Crippen LogP contribution in [0.2, 0.25) is 0 Å². The zero-order chi connectivity index (χ0) is 18.6. The number of hydrogen-bond donors (Lipinski definition) is 1. The molecule has 0 atom stereocenters. The van der Waals surface area contributed by atoms with Gasteiger partial charge in [0.1, 0.15) is 5.76 Å². The zero-order valence-corrected chi connectivity index (χ0v) is 15.0. The molecule has 1 aromatic carbocycles. The highest BCUT2D eigenvalue weighted by molar-refractivity contribution is 5.92. The molecular formula is C21H22N2O4. The summed E-state index contributed by atoms with van der Waals surface area (Å²) in [5.74, 6) is 2.60. The summed E-state index contributed by atoms with van der Waals surface area (Å²) >= 11 is 0. The summed E-state index contributed by atoms with van der Waals surface area (Å²) in [5.41, 5.74) is 0.272. The number of rotatable bonds is 4. The Hall–Kier alpha value is -2.63. The Labute approximate surface area is 157 Å². The molecule has 4 fully saturated rings. The third-order valence-electron chi connectivity index (χ3n) is 6.61. The number of amides is 1. The van der Waals surface area contributed by atoms with Gasteiger partial charge < -0.3 is 9.73 Å². The first-order valence-corrected chi connectivity index (χ1v) is 9.67. The Kier molecular flexibility index (Phi) is 3.64. The Morgan fingerprint density at radius 3 is 2.30 bits per heavy atom. The fourth-order valence-corrected chi connectivity index (χ4v) is 6.01. The Morgan fingerprint density at radius 1 is 1.04 bits per heavy atom. The van der Waals surface area contributed by atoms with Crippen LogP contribution in [-0.4, -0.2) is 16.4 Å². The first kappa shape index (κ1) is 16.5. The summed E-state index contributed by atoms with van der Waals surface area (Å²) in [6.07, 6.45) is 7.17. The van der Waals surface area contributed by atoms with Gasteiger partial charge >= 0.3 is 0 Å². The van der Waals surface area contributed by atoms with Crippen LogP contribution in [0.15, 0.2) is 40.8 Å². The van der Waals surface area contributed by atoms with E-state index in [1.165, 1.54) is 25.3 Å². The maximum Gasteiger partial charge on any atom is 0.287 e. The quantitative estimate of drug-likeness (QED) is 0.635. The molecule has 6 rings (SSSR count). The SMILES string of the molecule is O=C(NC12CC3CC(CC(C3)C1)C2)c1ccc(-c2ccccc2[N+](=O)[O-])o1. The minimum atomic E-state index is -0.437. The molecule has 0 unspecified atom stereocenters. The topological polar surface area (TPSA) is 85.4 Å². The van der Waals surface area contributed by atoms with E-state index < -0.39 is 4.92 Å². The summed E-state index contributed by atoms with van der Waals surface area (Å²) in [7, 11) is 0. The summed E-state index contributed by atoms with van der Waals surface area (Å²) in [4.78, 5) is 23.7. The first-order chi connectivity index (χ1) is 13.0. The van der Waals surface area contributed by atoms with Gasteiger partial charge in [-0.1, -0.05) is 12.1 Å². The monoisotopic (exact) mass is 366 g/mol. The number of para-hydroxylation sites is 1. The normalized spacial score (nSPS) is 31.0. The number of furan rings is 1. The van der Waals surface area contributed by atoms with Crippen molar-refractivity contribution in [3.8, 4) is 11.3 Å². The van der Waals surface area contributed by atoms with Crippen LogP contribution in [0.5, 0.6) is 0 Å². The molecular weight excluding hydrogens is 344 g/mol. The summed E-state index contributed by atoms with van der Waals surface area (Å²) in [6.45, 7) is 0. The third kappa shape index (κ3) is 2.83. The molecule has 4 bridgehead atoms.